The summed E-state index contributed by atoms with van der Waals surface area (Å²) in [7, 11) is -3.54. The third kappa shape index (κ3) is 2.35. The first-order valence-corrected chi connectivity index (χ1v) is 6.20. The van der Waals surface area contributed by atoms with Crippen LogP contribution in [0.25, 0.3) is 0 Å². The molecule has 2 atom stereocenters. The van der Waals surface area contributed by atoms with Crippen molar-refractivity contribution in [1.82, 2.24) is 4.72 Å². The van der Waals surface area contributed by atoms with Crippen LogP contribution in [0, 0.1) is 6.92 Å². The molecular formula is C10H12FNO2S. The van der Waals surface area contributed by atoms with E-state index in [4.69, 9.17) is 0 Å². The zero-order valence-electron chi connectivity index (χ0n) is 8.27. The molecule has 0 amide bonds. The molecule has 0 spiro atoms. The van der Waals surface area contributed by atoms with Crippen molar-refractivity contribution in [3.63, 3.8) is 0 Å². The van der Waals surface area contributed by atoms with Gasteiger partial charge in [-0.2, -0.15) is 0 Å². The van der Waals surface area contributed by atoms with Gasteiger partial charge in [0.1, 0.15) is 6.17 Å². The lowest BCUT2D eigenvalue weighted by atomic mass is 10.2. The summed E-state index contributed by atoms with van der Waals surface area (Å²) in [5.74, 6) is 0. The topological polar surface area (TPSA) is 46.2 Å². The van der Waals surface area contributed by atoms with E-state index in [1.54, 1.807) is 12.1 Å². The minimum Gasteiger partial charge on any atom is -0.246 e. The summed E-state index contributed by atoms with van der Waals surface area (Å²) in [5.41, 5.74) is 0.990. The molecule has 0 bridgehead atoms. The van der Waals surface area contributed by atoms with Crippen LogP contribution in [0.4, 0.5) is 4.39 Å². The van der Waals surface area contributed by atoms with Crippen LogP contribution in [0.15, 0.2) is 29.2 Å². The fourth-order valence-electron chi connectivity index (χ4n) is 1.27. The number of sulfonamides is 1. The van der Waals surface area contributed by atoms with E-state index in [1.807, 2.05) is 6.92 Å². The van der Waals surface area contributed by atoms with Gasteiger partial charge in [0.2, 0.25) is 10.0 Å². The molecule has 1 saturated carbocycles. The maximum absolute atomic E-state index is 12.6. The van der Waals surface area contributed by atoms with Gasteiger partial charge in [-0.1, -0.05) is 17.7 Å². The molecule has 0 heterocycles. The molecule has 1 aromatic rings. The first-order valence-electron chi connectivity index (χ1n) is 4.72. The zero-order valence-corrected chi connectivity index (χ0v) is 9.09. The highest BCUT2D eigenvalue weighted by Crippen LogP contribution is 2.26. The second kappa shape index (κ2) is 3.57. The fraction of sp³-hybridized carbons (Fsp3) is 0.400. The Morgan fingerprint density at radius 1 is 1.33 bits per heavy atom. The van der Waals surface area contributed by atoms with Crippen LogP contribution in [0.5, 0.6) is 0 Å². The predicted molar refractivity (Wildman–Crippen MR) is 54.8 cm³/mol. The van der Waals surface area contributed by atoms with E-state index in [2.05, 4.69) is 4.72 Å². The average Bonchev–Trinajstić information content (AvgIpc) is 2.81. The molecule has 0 saturated heterocycles. The zero-order chi connectivity index (χ0) is 11.1. The lowest BCUT2D eigenvalue weighted by Crippen LogP contribution is -2.27. The maximum atomic E-state index is 12.6. The van der Waals surface area contributed by atoms with Crippen LogP contribution in [-0.4, -0.2) is 20.6 Å². The second-order valence-corrected chi connectivity index (χ2v) is 5.51. The highest BCUT2D eigenvalue weighted by atomic mass is 32.2. The molecule has 0 aromatic heterocycles. The standard InChI is InChI=1S/C10H12FNO2S/c1-7-2-4-8(5-3-7)15(13,14)12-10-6-9(10)11/h2-5,9-10,12H,6H2,1H3/t9-,10-/m0/s1. The number of aryl methyl sites for hydroxylation is 1. The molecule has 1 aliphatic carbocycles. The van der Waals surface area contributed by atoms with Gasteiger partial charge in [0, 0.05) is 0 Å². The van der Waals surface area contributed by atoms with Crippen molar-refractivity contribution in [1.29, 1.82) is 0 Å². The maximum Gasteiger partial charge on any atom is 0.240 e. The van der Waals surface area contributed by atoms with E-state index in [0.717, 1.165) is 5.56 Å². The van der Waals surface area contributed by atoms with Crippen LogP contribution >= 0.6 is 0 Å². The van der Waals surface area contributed by atoms with Crippen LogP contribution in [-0.2, 0) is 10.0 Å². The Kier molecular flexibility index (Phi) is 2.52. The molecule has 1 aromatic carbocycles. The highest BCUT2D eigenvalue weighted by Gasteiger charge is 2.40. The largest absolute Gasteiger partial charge is 0.246 e. The Morgan fingerprint density at radius 3 is 2.33 bits per heavy atom. The first-order chi connectivity index (χ1) is 6.99. The third-order valence-electron chi connectivity index (χ3n) is 2.35. The van der Waals surface area contributed by atoms with Crippen LogP contribution < -0.4 is 4.72 Å². The number of rotatable bonds is 3. The number of benzene rings is 1. The third-order valence-corrected chi connectivity index (χ3v) is 3.86. The quantitative estimate of drug-likeness (QED) is 0.851. The molecule has 15 heavy (non-hydrogen) atoms. The van der Waals surface area contributed by atoms with Gasteiger partial charge in [-0.15, -0.1) is 0 Å². The van der Waals surface area contributed by atoms with Crippen molar-refractivity contribution < 1.29 is 12.8 Å². The van der Waals surface area contributed by atoms with Crippen LogP contribution in [0.2, 0.25) is 0 Å². The normalized spacial score (nSPS) is 25.2. The molecule has 3 nitrogen and oxygen atoms in total. The summed E-state index contributed by atoms with van der Waals surface area (Å²) in [6, 6.07) is 5.94. The monoisotopic (exact) mass is 229 g/mol. The van der Waals surface area contributed by atoms with Crippen molar-refractivity contribution >= 4 is 10.0 Å². The van der Waals surface area contributed by atoms with Gasteiger partial charge < -0.3 is 0 Å². The number of halogens is 1. The molecule has 1 aliphatic rings. The molecule has 2 rings (SSSR count). The average molecular weight is 229 g/mol. The lowest BCUT2D eigenvalue weighted by Gasteiger charge is -2.05. The highest BCUT2D eigenvalue weighted by molar-refractivity contribution is 7.89. The second-order valence-electron chi connectivity index (χ2n) is 3.79. The van der Waals surface area contributed by atoms with Gasteiger partial charge in [0.25, 0.3) is 0 Å². The minimum absolute atomic E-state index is 0.187. The predicted octanol–water partition coefficient (Wildman–Crippen LogP) is 1.38. The van der Waals surface area contributed by atoms with Gasteiger partial charge in [-0.3, -0.25) is 0 Å². The molecule has 1 N–H and O–H groups in total. The van der Waals surface area contributed by atoms with E-state index in [0.29, 0.717) is 0 Å². The molecule has 0 radical (unpaired) electrons. The van der Waals surface area contributed by atoms with Crippen molar-refractivity contribution in [2.45, 2.75) is 30.5 Å². The number of hydrogen-bond donors (Lipinski definition) is 1. The van der Waals surface area contributed by atoms with Gasteiger partial charge in [-0.25, -0.2) is 17.5 Å². The molecule has 1 fully saturated rings. The Balaban J connectivity index is 2.18. The summed E-state index contributed by atoms with van der Waals surface area (Å²) < 4.78 is 38.2. The summed E-state index contributed by atoms with van der Waals surface area (Å²) in [6.45, 7) is 1.88. The van der Waals surface area contributed by atoms with E-state index in [-0.39, 0.29) is 11.3 Å². The Labute approximate surface area is 88.4 Å². The van der Waals surface area contributed by atoms with Gasteiger partial charge >= 0.3 is 0 Å². The van der Waals surface area contributed by atoms with Crippen LogP contribution in [0.3, 0.4) is 0 Å². The SMILES string of the molecule is Cc1ccc(S(=O)(=O)N[C@H]2C[C@@H]2F)cc1. The van der Waals surface area contributed by atoms with Gasteiger partial charge in [0.15, 0.2) is 0 Å². The molecule has 0 aliphatic heterocycles. The summed E-state index contributed by atoms with van der Waals surface area (Å²) in [6.07, 6.45) is -0.740. The summed E-state index contributed by atoms with van der Waals surface area (Å²) in [5, 5.41) is 0. The van der Waals surface area contributed by atoms with E-state index >= 15 is 0 Å². The fourth-order valence-corrected chi connectivity index (χ4v) is 2.54. The van der Waals surface area contributed by atoms with Gasteiger partial charge in [-0.05, 0) is 25.5 Å². The number of hydrogen-bond acceptors (Lipinski definition) is 2. The van der Waals surface area contributed by atoms with Gasteiger partial charge in [0.05, 0.1) is 10.9 Å². The van der Waals surface area contributed by atoms with Crippen molar-refractivity contribution in [3.8, 4) is 0 Å². The first kappa shape index (κ1) is 10.6. The number of nitrogens with one attached hydrogen (secondary N) is 1. The summed E-state index contributed by atoms with van der Waals surface area (Å²) >= 11 is 0. The Morgan fingerprint density at radius 2 is 1.87 bits per heavy atom. The van der Waals surface area contributed by atoms with E-state index in [9.17, 15) is 12.8 Å². The number of alkyl halides is 1. The lowest BCUT2D eigenvalue weighted by molar-refractivity contribution is 0.459. The van der Waals surface area contributed by atoms with E-state index in [1.165, 1.54) is 12.1 Å². The van der Waals surface area contributed by atoms with Crippen molar-refractivity contribution in [2.75, 3.05) is 0 Å². The van der Waals surface area contributed by atoms with Crippen molar-refractivity contribution in [2.24, 2.45) is 0 Å². The molecule has 82 valence electrons. The van der Waals surface area contributed by atoms with E-state index < -0.39 is 22.2 Å². The van der Waals surface area contributed by atoms with Crippen molar-refractivity contribution in [3.05, 3.63) is 29.8 Å². The van der Waals surface area contributed by atoms with Crippen LogP contribution in [0.1, 0.15) is 12.0 Å². The Hall–Kier alpha value is -0.940. The molecule has 0 unspecified atom stereocenters. The smallest absolute Gasteiger partial charge is 0.240 e. The molecular weight excluding hydrogens is 217 g/mol. The molecule has 5 heteroatoms. The minimum atomic E-state index is -3.54. The Bertz CT molecular complexity index is 455. The summed E-state index contributed by atoms with van der Waals surface area (Å²) in [4.78, 5) is 0.187.